The lowest BCUT2D eigenvalue weighted by Crippen LogP contribution is -2.59. The summed E-state index contributed by atoms with van der Waals surface area (Å²) in [7, 11) is 1.39. The lowest BCUT2D eigenvalue weighted by molar-refractivity contribution is -0.150. The molecule has 1 saturated carbocycles. The van der Waals surface area contributed by atoms with Crippen LogP contribution in [0, 0.1) is 11.3 Å². The predicted octanol–water partition coefficient (Wildman–Crippen LogP) is 5.72. The van der Waals surface area contributed by atoms with Gasteiger partial charge in [0.2, 0.25) is 0 Å². The van der Waals surface area contributed by atoms with E-state index in [1.807, 2.05) is 31.3 Å². The van der Waals surface area contributed by atoms with E-state index < -0.39 is 5.54 Å². The lowest BCUT2D eigenvalue weighted by Gasteiger charge is -2.47. The highest BCUT2D eigenvalue weighted by molar-refractivity contribution is 6.31. The van der Waals surface area contributed by atoms with E-state index in [0.717, 1.165) is 35.1 Å². The molecule has 2 aliphatic rings. The number of methoxy groups -OCH3 is 1. The van der Waals surface area contributed by atoms with Gasteiger partial charge in [0.1, 0.15) is 0 Å². The van der Waals surface area contributed by atoms with Crippen LogP contribution in [0.15, 0.2) is 42.1 Å². The van der Waals surface area contributed by atoms with Crippen molar-refractivity contribution in [3.8, 4) is 0 Å². The predicted molar refractivity (Wildman–Crippen MR) is 139 cm³/mol. The minimum atomic E-state index is -0.822. The van der Waals surface area contributed by atoms with Gasteiger partial charge in [-0.1, -0.05) is 51.1 Å². The maximum absolute atomic E-state index is 13.3. The average Bonchev–Trinajstić information content (AvgIpc) is 2.76. The number of ether oxygens (including phenoxy) is 1. The van der Waals surface area contributed by atoms with E-state index in [1.54, 1.807) is 4.90 Å². The van der Waals surface area contributed by atoms with Gasteiger partial charge in [0.25, 0.3) is 0 Å². The molecule has 1 aliphatic heterocycles. The summed E-state index contributed by atoms with van der Waals surface area (Å²) in [6.45, 7) is 13.0. The van der Waals surface area contributed by atoms with Crippen LogP contribution in [0.1, 0.15) is 70.9 Å². The summed E-state index contributed by atoms with van der Waals surface area (Å²) in [6, 6.07) is 5.73. The number of nitrogens with zero attached hydrogens (tertiary/aromatic N) is 1. The van der Waals surface area contributed by atoms with Gasteiger partial charge in [-0.15, -0.1) is 0 Å². The summed E-state index contributed by atoms with van der Waals surface area (Å²) in [5.74, 6) is -0.416. The Bertz CT molecular complexity index is 1010. The number of aryl methyl sites for hydroxylation is 1. The van der Waals surface area contributed by atoms with Crippen LogP contribution >= 0.6 is 11.6 Å². The molecule has 35 heavy (non-hydrogen) atoms. The smallest absolute Gasteiger partial charge is 0.322 e. The summed E-state index contributed by atoms with van der Waals surface area (Å²) in [5, 5.41) is 13.2. The molecule has 0 spiro atoms. The van der Waals surface area contributed by atoms with Gasteiger partial charge >= 0.3 is 12.0 Å². The van der Waals surface area contributed by atoms with E-state index in [-0.39, 0.29) is 36.0 Å². The van der Waals surface area contributed by atoms with Crippen LogP contribution in [0.2, 0.25) is 5.02 Å². The second kappa shape index (κ2) is 10.8. The van der Waals surface area contributed by atoms with Crippen molar-refractivity contribution in [2.75, 3.05) is 13.7 Å². The van der Waals surface area contributed by atoms with E-state index in [0.29, 0.717) is 30.7 Å². The third-order valence-corrected chi connectivity index (χ3v) is 7.58. The van der Waals surface area contributed by atoms with E-state index >= 15 is 0 Å². The van der Waals surface area contributed by atoms with Crippen molar-refractivity contribution in [1.29, 1.82) is 0 Å². The molecule has 1 aromatic carbocycles. The Kier molecular flexibility index (Phi) is 8.38. The Morgan fingerprint density at radius 3 is 2.60 bits per heavy atom. The summed E-state index contributed by atoms with van der Waals surface area (Å²) in [5.41, 5.74) is 3.09. The van der Waals surface area contributed by atoms with Gasteiger partial charge in [0.15, 0.2) is 0 Å². The number of rotatable bonds is 9. The monoisotopic (exact) mass is 502 g/mol. The van der Waals surface area contributed by atoms with Crippen molar-refractivity contribution in [3.63, 3.8) is 0 Å². The molecule has 1 aromatic rings. The third-order valence-electron chi connectivity index (χ3n) is 7.23. The molecule has 6 nitrogen and oxygen atoms in total. The molecular formula is C28H39ClN2O4. The van der Waals surface area contributed by atoms with Crippen molar-refractivity contribution in [2.45, 2.75) is 77.8 Å². The number of carbonyl (C=O) groups is 2. The zero-order chi connectivity index (χ0) is 26.0. The first-order valence-corrected chi connectivity index (χ1v) is 12.8. The molecule has 7 heteroatoms. The van der Waals surface area contributed by atoms with E-state index in [4.69, 9.17) is 16.3 Å². The van der Waals surface area contributed by atoms with Gasteiger partial charge < -0.3 is 15.2 Å². The number of aliphatic hydroxyl groups is 1. The van der Waals surface area contributed by atoms with Crippen LogP contribution < -0.4 is 5.32 Å². The Hall–Kier alpha value is -2.31. The molecule has 2 amide bonds. The minimum absolute atomic E-state index is 0.0663. The molecule has 1 heterocycles. The number of carbonyl (C=O) groups excluding carboxylic acids is 2. The van der Waals surface area contributed by atoms with E-state index in [9.17, 15) is 14.7 Å². The van der Waals surface area contributed by atoms with Crippen LogP contribution in [-0.2, 0) is 21.5 Å². The van der Waals surface area contributed by atoms with Crippen molar-refractivity contribution in [1.82, 2.24) is 10.2 Å². The molecule has 2 N–H and O–H groups in total. The number of esters is 1. The molecule has 1 fully saturated rings. The van der Waals surface area contributed by atoms with Crippen molar-refractivity contribution in [3.05, 3.63) is 58.3 Å². The summed E-state index contributed by atoms with van der Waals surface area (Å²) >= 11 is 6.72. The molecular weight excluding hydrogens is 464 g/mol. The summed E-state index contributed by atoms with van der Waals surface area (Å²) in [4.78, 5) is 26.8. The maximum atomic E-state index is 13.3. The number of urea groups is 1. The molecule has 0 bridgehead atoms. The Morgan fingerprint density at radius 2 is 2.03 bits per heavy atom. The first-order valence-electron chi connectivity index (χ1n) is 12.4. The Morgan fingerprint density at radius 1 is 1.34 bits per heavy atom. The number of hydrogen-bond acceptors (Lipinski definition) is 4. The van der Waals surface area contributed by atoms with Crippen LogP contribution in [0.4, 0.5) is 4.79 Å². The molecule has 1 atom stereocenters. The fraction of sp³-hybridized carbons (Fsp3) is 0.571. The van der Waals surface area contributed by atoms with Crippen LogP contribution in [0.25, 0.3) is 0 Å². The second-order valence-corrected chi connectivity index (χ2v) is 11.6. The first-order chi connectivity index (χ1) is 16.4. The molecule has 3 rings (SSSR count). The fourth-order valence-corrected chi connectivity index (χ4v) is 5.06. The number of nitrogens with one attached hydrogen (secondary N) is 1. The molecule has 0 radical (unpaired) electrons. The van der Waals surface area contributed by atoms with Gasteiger partial charge in [0.05, 0.1) is 18.6 Å². The standard InChI is InChI=1S/C28H39ClN2O4/c1-18(8-7-13-32)23-17-31(22-14-20(15-22)25(33)35-6)26(34)30-28(23,5)21-10-9-19(24(29)16-21)11-12-27(2,3)4/h9-10,16-17,20,22,32H,1,7-8,11-15H2,2-6H3,(H,30,34)/t20?,22?,28-/m0/s1. The van der Waals surface area contributed by atoms with Crippen molar-refractivity contribution >= 4 is 23.6 Å². The van der Waals surface area contributed by atoms with Crippen LogP contribution in [0.3, 0.4) is 0 Å². The van der Waals surface area contributed by atoms with Crippen LogP contribution in [-0.4, -0.2) is 41.8 Å². The van der Waals surface area contributed by atoms with Gasteiger partial charge in [-0.3, -0.25) is 9.69 Å². The highest BCUT2D eigenvalue weighted by Crippen LogP contribution is 2.42. The highest BCUT2D eigenvalue weighted by Gasteiger charge is 2.45. The largest absolute Gasteiger partial charge is 0.469 e. The van der Waals surface area contributed by atoms with Gasteiger partial charge in [-0.2, -0.15) is 0 Å². The lowest BCUT2D eigenvalue weighted by atomic mass is 9.76. The molecule has 0 aromatic heterocycles. The summed E-state index contributed by atoms with van der Waals surface area (Å²) < 4.78 is 4.84. The van der Waals surface area contributed by atoms with Crippen molar-refractivity contribution < 1.29 is 19.4 Å². The van der Waals surface area contributed by atoms with Crippen molar-refractivity contribution in [2.24, 2.45) is 11.3 Å². The average molecular weight is 503 g/mol. The second-order valence-electron chi connectivity index (χ2n) is 11.1. The molecule has 1 aliphatic carbocycles. The van der Waals surface area contributed by atoms with E-state index in [2.05, 4.69) is 32.7 Å². The highest BCUT2D eigenvalue weighted by atomic mass is 35.5. The normalized spacial score (nSPS) is 24.4. The maximum Gasteiger partial charge on any atom is 0.322 e. The molecule has 192 valence electrons. The number of hydrogen-bond donors (Lipinski definition) is 2. The zero-order valence-corrected chi connectivity index (χ0v) is 22.4. The number of aliphatic hydroxyl groups excluding tert-OH is 1. The summed E-state index contributed by atoms with van der Waals surface area (Å²) in [6.07, 6.45) is 6.10. The third kappa shape index (κ3) is 6.10. The van der Waals surface area contributed by atoms with Gasteiger partial charge in [-0.25, -0.2) is 4.79 Å². The zero-order valence-electron chi connectivity index (χ0n) is 21.6. The minimum Gasteiger partial charge on any atom is -0.469 e. The quantitative estimate of drug-likeness (QED) is 0.423. The topological polar surface area (TPSA) is 78.9 Å². The fourth-order valence-electron chi connectivity index (χ4n) is 4.79. The molecule has 0 saturated heterocycles. The van der Waals surface area contributed by atoms with Gasteiger partial charge in [0, 0.05) is 29.4 Å². The van der Waals surface area contributed by atoms with E-state index in [1.165, 1.54) is 7.11 Å². The Balaban J connectivity index is 1.92. The number of benzene rings is 1. The SMILES string of the molecule is C=C(CCCO)C1=CN(C2CC(C(=O)OC)C2)C(=O)N[C@@]1(C)c1ccc(CCC(C)(C)C)c(Cl)c1. The number of amides is 2. The Labute approximate surface area is 214 Å². The van der Waals surface area contributed by atoms with Crippen LogP contribution in [0.5, 0.6) is 0 Å². The first kappa shape index (κ1) is 27.3. The number of halogens is 1. The molecule has 0 unspecified atom stereocenters. The van der Waals surface area contributed by atoms with Gasteiger partial charge in [-0.05, 0) is 73.6 Å².